The number of halogens is 2. The van der Waals surface area contributed by atoms with E-state index in [1.807, 2.05) is 12.1 Å². The summed E-state index contributed by atoms with van der Waals surface area (Å²) in [6.07, 6.45) is 0. The van der Waals surface area contributed by atoms with Crippen molar-refractivity contribution in [2.75, 3.05) is 18.2 Å². The highest BCUT2D eigenvalue weighted by atomic mass is 35.5. The Morgan fingerprint density at radius 1 is 1.23 bits per heavy atom. The standard InChI is InChI=1S/C17H13Cl2N3O3S/c1-24-14-5-3-2-4-13(14)20-15(23)9-26-17-22-21-16(25-17)11-7-6-10(18)8-12(11)19/h2-8H,9H2,1H3,(H,20,23). The molecule has 0 saturated carbocycles. The van der Waals surface area contributed by atoms with E-state index in [9.17, 15) is 4.79 Å². The van der Waals surface area contributed by atoms with Crippen LogP contribution in [0.1, 0.15) is 0 Å². The van der Waals surface area contributed by atoms with Gasteiger partial charge in [-0.3, -0.25) is 4.79 Å². The van der Waals surface area contributed by atoms with Crippen LogP contribution in [0.3, 0.4) is 0 Å². The Kier molecular flexibility index (Phi) is 6.03. The van der Waals surface area contributed by atoms with Gasteiger partial charge in [-0.25, -0.2) is 0 Å². The number of carbonyl (C=O) groups excluding carboxylic acids is 1. The van der Waals surface area contributed by atoms with Gasteiger partial charge in [0.15, 0.2) is 0 Å². The number of hydrogen-bond acceptors (Lipinski definition) is 6. The molecule has 2 aromatic carbocycles. The van der Waals surface area contributed by atoms with E-state index < -0.39 is 0 Å². The summed E-state index contributed by atoms with van der Waals surface area (Å²) in [6.45, 7) is 0. The molecule has 0 aliphatic heterocycles. The Hall–Kier alpha value is -2.22. The fourth-order valence-corrected chi connectivity index (χ4v) is 3.15. The Bertz CT molecular complexity index is 933. The monoisotopic (exact) mass is 409 g/mol. The Balaban J connectivity index is 1.62. The first-order valence-corrected chi connectivity index (χ1v) is 9.15. The molecule has 26 heavy (non-hydrogen) atoms. The van der Waals surface area contributed by atoms with Gasteiger partial charge >= 0.3 is 0 Å². The quantitative estimate of drug-likeness (QED) is 0.590. The van der Waals surface area contributed by atoms with E-state index in [0.29, 0.717) is 27.0 Å². The molecule has 0 aliphatic carbocycles. The number of thioether (sulfide) groups is 1. The molecular formula is C17H13Cl2N3O3S. The normalized spacial score (nSPS) is 10.6. The molecule has 0 aliphatic rings. The molecule has 9 heteroatoms. The first kappa shape index (κ1) is 18.6. The van der Waals surface area contributed by atoms with Crippen LogP contribution >= 0.6 is 35.0 Å². The molecule has 3 aromatic rings. The van der Waals surface area contributed by atoms with Crippen LogP contribution in [0.15, 0.2) is 52.1 Å². The molecule has 0 fully saturated rings. The molecule has 0 bridgehead atoms. The number of carbonyl (C=O) groups is 1. The number of methoxy groups -OCH3 is 1. The molecule has 0 saturated heterocycles. The van der Waals surface area contributed by atoms with Gasteiger partial charge in [0.05, 0.1) is 29.1 Å². The van der Waals surface area contributed by atoms with Crippen LogP contribution in [-0.2, 0) is 4.79 Å². The minimum atomic E-state index is -0.219. The minimum Gasteiger partial charge on any atom is -0.495 e. The van der Waals surface area contributed by atoms with Gasteiger partial charge in [0, 0.05) is 5.02 Å². The third kappa shape index (κ3) is 4.49. The van der Waals surface area contributed by atoms with Crippen molar-refractivity contribution in [2.45, 2.75) is 5.22 Å². The SMILES string of the molecule is COc1ccccc1NC(=O)CSc1nnc(-c2ccc(Cl)cc2Cl)o1. The van der Waals surface area contributed by atoms with Gasteiger partial charge in [0.25, 0.3) is 5.22 Å². The van der Waals surface area contributed by atoms with E-state index in [1.54, 1.807) is 37.4 Å². The molecule has 134 valence electrons. The van der Waals surface area contributed by atoms with E-state index >= 15 is 0 Å². The number of amides is 1. The van der Waals surface area contributed by atoms with Crippen molar-refractivity contribution in [1.29, 1.82) is 0 Å². The van der Waals surface area contributed by atoms with Crippen LogP contribution in [-0.4, -0.2) is 29.0 Å². The van der Waals surface area contributed by atoms with Crippen molar-refractivity contribution in [3.05, 3.63) is 52.5 Å². The summed E-state index contributed by atoms with van der Waals surface area (Å²) in [7, 11) is 1.54. The van der Waals surface area contributed by atoms with Crippen molar-refractivity contribution >= 4 is 46.6 Å². The summed E-state index contributed by atoms with van der Waals surface area (Å²) in [6, 6.07) is 12.1. The first-order chi connectivity index (χ1) is 12.6. The highest BCUT2D eigenvalue weighted by molar-refractivity contribution is 7.99. The maximum Gasteiger partial charge on any atom is 0.277 e. The molecule has 6 nitrogen and oxygen atoms in total. The van der Waals surface area contributed by atoms with Crippen LogP contribution in [0.25, 0.3) is 11.5 Å². The molecule has 1 amide bonds. The summed E-state index contributed by atoms with van der Waals surface area (Å²) in [5, 5.41) is 11.8. The summed E-state index contributed by atoms with van der Waals surface area (Å²) in [5.41, 5.74) is 1.17. The minimum absolute atomic E-state index is 0.105. The van der Waals surface area contributed by atoms with Gasteiger partial charge in [0.2, 0.25) is 11.8 Å². The summed E-state index contributed by atoms with van der Waals surface area (Å²) >= 11 is 13.1. The first-order valence-electron chi connectivity index (χ1n) is 7.41. The van der Waals surface area contributed by atoms with Crippen LogP contribution in [0.5, 0.6) is 5.75 Å². The molecule has 1 aromatic heterocycles. The van der Waals surface area contributed by atoms with Crippen LogP contribution < -0.4 is 10.1 Å². The van der Waals surface area contributed by atoms with Crippen molar-refractivity contribution in [2.24, 2.45) is 0 Å². The molecule has 0 spiro atoms. The summed E-state index contributed by atoms with van der Waals surface area (Å²) in [5.74, 6) is 0.736. The molecular weight excluding hydrogens is 397 g/mol. The van der Waals surface area contributed by atoms with Gasteiger partial charge in [-0.15, -0.1) is 10.2 Å². The maximum atomic E-state index is 12.1. The number of anilines is 1. The Morgan fingerprint density at radius 3 is 2.81 bits per heavy atom. The number of aromatic nitrogens is 2. The van der Waals surface area contributed by atoms with E-state index in [2.05, 4.69) is 15.5 Å². The van der Waals surface area contributed by atoms with Crippen LogP contribution in [0, 0.1) is 0 Å². The lowest BCUT2D eigenvalue weighted by Crippen LogP contribution is -2.14. The van der Waals surface area contributed by atoms with E-state index in [-0.39, 0.29) is 22.8 Å². The van der Waals surface area contributed by atoms with Crippen molar-refractivity contribution < 1.29 is 13.9 Å². The van der Waals surface area contributed by atoms with Gasteiger partial charge in [-0.2, -0.15) is 0 Å². The topological polar surface area (TPSA) is 77.2 Å². The third-order valence-corrected chi connectivity index (χ3v) is 4.64. The van der Waals surface area contributed by atoms with Crippen LogP contribution in [0.4, 0.5) is 5.69 Å². The highest BCUT2D eigenvalue weighted by Gasteiger charge is 2.14. The number of benzene rings is 2. The zero-order chi connectivity index (χ0) is 18.5. The zero-order valence-corrected chi connectivity index (χ0v) is 15.9. The predicted octanol–water partition coefficient (Wildman–Crippen LogP) is 4.78. The Labute approximate surface area is 163 Å². The van der Waals surface area contributed by atoms with Gasteiger partial charge in [-0.1, -0.05) is 47.1 Å². The van der Waals surface area contributed by atoms with Gasteiger partial charge in [-0.05, 0) is 30.3 Å². The zero-order valence-electron chi connectivity index (χ0n) is 13.5. The van der Waals surface area contributed by atoms with Crippen molar-refractivity contribution in [1.82, 2.24) is 10.2 Å². The second-order valence-electron chi connectivity index (χ2n) is 5.03. The van der Waals surface area contributed by atoms with Crippen molar-refractivity contribution in [3.63, 3.8) is 0 Å². The second-order valence-corrected chi connectivity index (χ2v) is 6.80. The maximum absolute atomic E-state index is 12.1. The molecule has 3 rings (SSSR count). The Morgan fingerprint density at radius 2 is 2.04 bits per heavy atom. The highest BCUT2D eigenvalue weighted by Crippen LogP contribution is 2.31. The molecule has 1 N–H and O–H groups in total. The van der Waals surface area contributed by atoms with E-state index in [0.717, 1.165) is 11.8 Å². The average Bonchev–Trinajstić information content (AvgIpc) is 3.09. The van der Waals surface area contributed by atoms with Crippen molar-refractivity contribution in [3.8, 4) is 17.2 Å². The lowest BCUT2D eigenvalue weighted by Gasteiger charge is -2.08. The van der Waals surface area contributed by atoms with E-state index in [4.69, 9.17) is 32.4 Å². The molecule has 0 unspecified atom stereocenters. The lowest BCUT2D eigenvalue weighted by molar-refractivity contribution is -0.113. The average molecular weight is 410 g/mol. The number of nitrogens with zero attached hydrogens (tertiary/aromatic N) is 2. The number of ether oxygens (including phenoxy) is 1. The van der Waals surface area contributed by atoms with Crippen LogP contribution in [0.2, 0.25) is 10.0 Å². The number of para-hydroxylation sites is 2. The second kappa shape index (κ2) is 8.44. The largest absolute Gasteiger partial charge is 0.495 e. The predicted molar refractivity (Wildman–Crippen MR) is 102 cm³/mol. The van der Waals surface area contributed by atoms with Gasteiger partial charge in [0.1, 0.15) is 5.75 Å². The molecule has 0 atom stereocenters. The lowest BCUT2D eigenvalue weighted by atomic mass is 10.2. The molecule has 1 heterocycles. The number of nitrogens with one attached hydrogen (secondary N) is 1. The smallest absolute Gasteiger partial charge is 0.277 e. The fraction of sp³-hybridized carbons (Fsp3) is 0.118. The summed E-state index contributed by atoms with van der Waals surface area (Å²) in [4.78, 5) is 12.1. The number of rotatable bonds is 6. The summed E-state index contributed by atoms with van der Waals surface area (Å²) < 4.78 is 10.7. The fourth-order valence-electron chi connectivity index (χ4n) is 2.10. The third-order valence-electron chi connectivity index (χ3n) is 3.28. The van der Waals surface area contributed by atoms with Gasteiger partial charge < -0.3 is 14.5 Å². The van der Waals surface area contributed by atoms with E-state index in [1.165, 1.54) is 0 Å². The molecule has 0 radical (unpaired) electrons. The number of hydrogen-bond donors (Lipinski definition) is 1.